The van der Waals surface area contributed by atoms with Gasteiger partial charge in [0.25, 0.3) is 0 Å². The number of aromatic nitrogens is 1. The number of piperazine rings is 1. The molecule has 0 spiro atoms. The van der Waals surface area contributed by atoms with Crippen molar-refractivity contribution in [1.29, 1.82) is 0 Å². The number of hydrogen-bond donors (Lipinski definition) is 1. The Morgan fingerprint density at radius 1 is 1.03 bits per heavy atom. The predicted molar refractivity (Wildman–Crippen MR) is 125 cm³/mol. The van der Waals surface area contributed by atoms with E-state index in [2.05, 4.69) is 69.6 Å². The first kappa shape index (κ1) is 20.8. The van der Waals surface area contributed by atoms with Gasteiger partial charge in [-0.15, -0.1) is 11.3 Å². The average molecular weight is 423 g/mol. The zero-order chi connectivity index (χ0) is 20.8. The SMILES string of the molecule is CN1CCN(c2ccccc2CNC(=O)CCCCc2nc3ccccc3s2)CC1. The lowest BCUT2D eigenvalue weighted by Crippen LogP contribution is -2.45. The number of carbonyl (C=O) groups excluding carboxylic acids is 1. The monoisotopic (exact) mass is 422 g/mol. The Bertz CT molecular complexity index is 945. The number of hydrogen-bond acceptors (Lipinski definition) is 5. The van der Waals surface area contributed by atoms with Crippen LogP contribution in [-0.4, -0.2) is 49.0 Å². The fraction of sp³-hybridized carbons (Fsp3) is 0.417. The summed E-state index contributed by atoms with van der Waals surface area (Å²) in [5, 5.41) is 4.28. The highest BCUT2D eigenvalue weighted by Gasteiger charge is 2.16. The molecule has 0 unspecified atom stereocenters. The molecule has 0 bridgehead atoms. The van der Waals surface area contributed by atoms with E-state index < -0.39 is 0 Å². The summed E-state index contributed by atoms with van der Waals surface area (Å²) in [5.41, 5.74) is 3.53. The van der Waals surface area contributed by atoms with Gasteiger partial charge >= 0.3 is 0 Å². The van der Waals surface area contributed by atoms with Crippen LogP contribution in [0, 0.1) is 0 Å². The van der Waals surface area contributed by atoms with Crippen LogP contribution >= 0.6 is 11.3 Å². The van der Waals surface area contributed by atoms with Crippen molar-refractivity contribution >= 4 is 33.1 Å². The van der Waals surface area contributed by atoms with E-state index in [9.17, 15) is 4.79 Å². The number of carbonyl (C=O) groups is 1. The van der Waals surface area contributed by atoms with Gasteiger partial charge in [0.2, 0.25) is 5.91 Å². The van der Waals surface area contributed by atoms with E-state index in [4.69, 9.17) is 0 Å². The quantitative estimate of drug-likeness (QED) is 0.556. The fourth-order valence-corrected chi connectivity index (χ4v) is 4.90. The topological polar surface area (TPSA) is 48.5 Å². The van der Waals surface area contributed by atoms with Crippen LogP contribution in [0.4, 0.5) is 5.69 Å². The van der Waals surface area contributed by atoms with E-state index in [1.54, 1.807) is 11.3 Å². The summed E-state index contributed by atoms with van der Waals surface area (Å²) in [4.78, 5) is 21.8. The number of rotatable bonds is 8. The molecule has 1 aliphatic rings. The molecule has 30 heavy (non-hydrogen) atoms. The molecule has 1 N–H and O–H groups in total. The van der Waals surface area contributed by atoms with Crippen LogP contribution in [0.25, 0.3) is 10.2 Å². The maximum Gasteiger partial charge on any atom is 0.220 e. The number of likely N-dealkylation sites (N-methyl/N-ethyl adjacent to an activating group) is 1. The van der Waals surface area contributed by atoms with Gasteiger partial charge < -0.3 is 15.1 Å². The molecular weight excluding hydrogens is 392 g/mol. The van der Waals surface area contributed by atoms with Crippen LogP contribution in [0.2, 0.25) is 0 Å². The third-order valence-corrected chi connectivity index (χ3v) is 6.79. The van der Waals surface area contributed by atoms with Crippen molar-refractivity contribution in [2.24, 2.45) is 0 Å². The van der Waals surface area contributed by atoms with Crippen molar-refractivity contribution in [1.82, 2.24) is 15.2 Å². The van der Waals surface area contributed by atoms with Crippen molar-refractivity contribution in [3.63, 3.8) is 0 Å². The van der Waals surface area contributed by atoms with Gasteiger partial charge in [0.15, 0.2) is 0 Å². The minimum absolute atomic E-state index is 0.132. The summed E-state index contributed by atoms with van der Waals surface area (Å²) < 4.78 is 1.24. The van der Waals surface area contributed by atoms with Gasteiger partial charge in [-0.25, -0.2) is 4.98 Å². The van der Waals surface area contributed by atoms with E-state index >= 15 is 0 Å². The van der Waals surface area contributed by atoms with Crippen molar-refractivity contribution in [2.45, 2.75) is 32.2 Å². The van der Waals surface area contributed by atoms with Crippen LogP contribution < -0.4 is 10.2 Å². The Kier molecular flexibility index (Phi) is 6.97. The van der Waals surface area contributed by atoms with Gasteiger partial charge in [-0.3, -0.25) is 4.79 Å². The summed E-state index contributed by atoms with van der Waals surface area (Å²) in [5.74, 6) is 0.132. The molecule has 6 heteroatoms. The minimum atomic E-state index is 0.132. The maximum absolute atomic E-state index is 12.4. The van der Waals surface area contributed by atoms with Crippen LogP contribution in [0.1, 0.15) is 29.8 Å². The summed E-state index contributed by atoms with van der Waals surface area (Å²) >= 11 is 1.76. The van der Waals surface area contributed by atoms with Gasteiger partial charge in [-0.2, -0.15) is 0 Å². The standard InChI is InChI=1S/C24H30N4OS/c1-27-14-16-28(17-15-27)21-10-4-2-8-19(21)18-25-23(29)12-6-7-13-24-26-20-9-3-5-11-22(20)30-24/h2-5,8-11H,6-7,12-18H2,1H3,(H,25,29). The molecule has 0 aliphatic carbocycles. The lowest BCUT2D eigenvalue weighted by atomic mass is 10.1. The second-order valence-electron chi connectivity index (χ2n) is 7.98. The van der Waals surface area contributed by atoms with Gasteiger partial charge in [0.05, 0.1) is 15.2 Å². The second-order valence-corrected chi connectivity index (χ2v) is 9.09. The minimum Gasteiger partial charge on any atom is -0.369 e. The number of nitrogens with one attached hydrogen (secondary N) is 1. The van der Waals surface area contributed by atoms with Gasteiger partial charge in [0, 0.05) is 44.8 Å². The van der Waals surface area contributed by atoms with Crippen molar-refractivity contribution < 1.29 is 4.79 Å². The number of amides is 1. The fourth-order valence-electron chi connectivity index (χ4n) is 3.89. The van der Waals surface area contributed by atoms with Crippen LogP contribution in [0.5, 0.6) is 0 Å². The zero-order valence-electron chi connectivity index (χ0n) is 17.6. The molecule has 158 valence electrons. The molecule has 1 amide bonds. The highest BCUT2D eigenvalue weighted by Crippen LogP contribution is 2.23. The number of thiazole rings is 1. The molecular formula is C24H30N4OS. The molecule has 4 rings (SSSR count). The summed E-state index contributed by atoms with van der Waals surface area (Å²) in [6.07, 6.45) is 3.40. The van der Waals surface area contributed by atoms with E-state index in [0.29, 0.717) is 13.0 Å². The highest BCUT2D eigenvalue weighted by molar-refractivity contribution is 7.18. The largest absolute Gasteiger partial charge is 0.369 e. The molecule has 5 nitrogen and oxygen atoms in total. The number of fused-ring (bicyclic) bond motifs is 1. The molecule has 2 aromatic carbocycles. The lowest BCUT2D eigenvalue weighted by molar-refractivity contribution is -0.121. The number of anilines is 1. The van der Waals surface area contributed by atoms with E-state index in [1.807, 2.05) is 6.07 Å². The number of para-hydroxylation sites is 2. The summed E-state index contributed by atoms with van der Waals surface area (Å²) in [6.45, 7) is 4.82. The first-order valence-electron chi connectivity index (χ1n) is 10.8. The molecule has 1 fully saturated rings. The molecule has 1 saturated heterocycles. The average Bonchev–Trinajstić information content (AvgIpc) is 3.19. The third-order valence-electron chi connectivity index (χ3n) is 5.69. The first-order valence-corrected chi connectivity index (χ1v) is 11.6. The predicted octanol–water partition coefficient (Wildman–Crippen LogP) is 4.08. The molecule has 3 aromatic rings. The van der Waals surface area contributed by atoms with Gasteiger partial charge in [-0.1, -0.05) is 30.3 Å². The Labute approximate surface area is 182 Å². The second kappa shape index (κ2) is 10.0. The highest BCUT2D eigenvalue weighted by atomic mass is 32.1. The summed E-state index contributed by atoms with van der Waals surface area (Å²) in [6, 6.07) is 16.7. The van der Waals surface area contributed by atoms with Crippen molar-refractivity contribution in [3.05, 3.63) is 59.1 Å². The molecule has 0 saturated carbocycles. The van der Waals surface area contributed by atoms with E-state index in [-0.39, 0.29) is 5.91 Å². The van der Waals surface area contributed by atoms with Crippen molar-refractivity contribution in [2.75, 3.05) is 38.1 Å². The van der Waals surface area contributed by atoms with Crippen LogP contribution in [0.3, 0.4) is 0 Å². The van der Waals surface area contributed by atoms with Gasteiger partial charge in [0.1, 0.15) is 0 Å². The Morgan fingerprint density at radius 3 is 2.63 bits per heavy atom. The van der Waals surface area contributed by atoms with Crippen molar-refractivity contribution in [3.8, 4) is 0 Å². The summed E-state index contributed by atoms with van der Waals surface area (Å²) in [7, 11) is 2.17. The lowest BCUT2D eigenvalue weighted by Gasteiger charge is -2.35. The van der Waals surface area contributed by atoms with E-state index in [0.717, 1.165) is 56.0 Å². The first-order chi connectivity index (χ1) is 14.7. The van der Waals surface area contributed by atoms with Crippen LogP contribution in [0.15, 0.2) is 48.5 Å². The number of benzene rings is 2. The third kappa shape index (κ3) is 5.37. The zero-order valence-corrected chi connectivity index (χ0v) is 18.5. The smallest absolute Gasteiger partial charge is 0.220 e. The Balaban J connectivity index is 1.21. The number of nitrogens with zero attached hydrogens (tertiary/aromatic N) is 3. The normalized spacial score (nSPS) is 14.9. The maximum atomic E-state index is 12.4. The molecule has 0 radical (unpaired) electrons. The Morgan fingerprint density at radius 2 is 1.80 bits per heavy atom. The van der Waals surface area contributed by atoms with Gasteiger partial charge in [-0.05, 0) is 50.1 Å². The number of unbranched alkanes of at least 4 members (excludes halogenated alkanes) is 1. The molecule has 0 atom stereocenters. The molecule has 1 aromatic heterocycles. The molecule has 2 heterocycles. The Hall–Kier alpha value is -2.44. The number of aryl methyl sites for hydroxylation is 1. The molecule has 1 aliphatic heterocycles. The van der Waals surface area contributed by atoms with E-state index in [1.165, 1.54) is 16.0 Å². The van der Waals surface area contributed by atoms with Crippen LogP contribution in [-0.2, 0) is 17.8 Å².